The SMILES string of the molecule is COc1ccc(C(=O)OCC(=O)N(C)[C@@H]2CCS(=O)(=O)C2)c(OC)c1OC. The summed E-state index contributed by atoms with van der Waals surface area (Å²) in [6, 6.07) is 2.56. The molecule has 0 bridgehead atoms. The van der Waals surface area contributed by atoms with Crippen molar-refractivity contribution in [2.24, 2.45) is 0 Å². The number of rotatable bonds is 7. The molecule has 2 rings (SSSR count). The maximum Gasteiger partial charge on any atom is 0.342 e. The van der Waals surface area contributed by atoms with E-state index < -0.39 is 34.4 Å². The molecule has 0 N–H and O–H groups in total. The quantitative estimate of drug-likeness (QED) is 0.608. The van der Waals surface area contributed by atoms with E-state index in [9.17, 15) is 18.0 Å². The van der Waals surface area contributed by atoms with Crippen molar-refractivity contribution in [3.63, 3.8) is 0 Å². The molecule has 0 saturated carbocycles. The summed E-state index contributed by atoms with van der Waals surface area (Å²) in [5.74, 6) is -0.536. The highest BCUT2D eigenvalue weighted by atomic mass is 32.2. The van der Waals surface area contributed by atoms with Gasteiger partial charge < -0.3 is 23.8 Å². The lowest BCUT2D eigenvalue weighted by Gasteiger charge is -2.23. The maximum absolute atomic E-state index is 12.4. The molecule has 1 amide bonds. The molecule has 1 atom stereocenters. The average molecular weight is 401 g/mol. The van der Waals surface area contributed by atoms with E-state index in [1.54, 1.807) is 0 Å². The van der Waals surface area contributed by atoms with Crippen LogP contribution >= 0.6 is 0 Å². The van der Waals surface area contributed by atoms with Crippen LogP contribution in [0.4, 0.5) is 0 Å². The Morgan fingerprint density at radius 3 is 2.30 bits per heavy atom. The van der Waals surface area contributed by atoms with Crippen molar-refractivity contribution in [1.29, 1.82) is 0 Å². The van der Waals surface area contributed by atoms with E-state index in [4.69, 9.17) is 18.9 Å². The second kappa shape index (κ2) is 8.47. The average Bonchev–Trinajstić information content (AvgIpc) is 3.03. The predicted octanol–water partition coefficient (Wildman–Crippen LogP) is 0.515. The van der Waals surface area contributed by atoms with Gasteiger partial charge >= 0.3 is 5.97 Å². The molecule has 27 heavy (non-hydrogen) atoms. The summed E-state index contributed by atoms with van der Waals surface area (Å²) in [6.07, 6.45) is 0.377. The number of hydrogen-bond acceptors (Lipinski definition) is 8. The van der Waals surface area contributed by atoms with Crippen LogP contribution in [0.3, 0.4) is 0 Å². The van der Waals surface area contributed by atoms with Gasteiger partial charge in [-0.15, -0.1) is 0 Å². The maximum atomic E-state index is 12.4. The molecule has 0 aliphatic carbocycles. The molecule has 0 radical (unpaired) electrons. The normalized spacial score (nSPS) is 17.9. The molecule has 1 heterocycles. The molecular weight excluding hydrogens is 378 g/mol. The fourth-order valence-corrected chi connectivity index (χ4v) is 4.63. The summed E-state index contributed by atoms with van der Waals surface area (Å²) < 4.78 is 43.7. The standard InChI is InChI=1S/C17H23NO8S/c1-18(11-7-8-27(21,22)10-11)14(19)9-26-17(20)12-5-6-13(23-2)16(25-4)15(12)24-3/h5-6,11H,7-10H2,1-4H3/t11-/m1/s1. The minimum Gasteiger partial charge on any atom is -0.493 e. The van der Waals surface area contributed by atoms with Gasteiger partial charge in [-0.1, -0.05) is 0 Å². The zero-order valence-corrected chi connectivity index (χ0v) is 16.5. The number of amides is 1. The van der Waals surface area contributed by atoms with Crippen molar-refractivity contribution in [1.82, 2.24) is 4.90 Å². The van der Waals surface area contributed by atoms with Gasteiger partial charge in [0.2, 0.25) is 5.75 Å². The highest BCUT2D eigenvalue weighted by molar-refractivity contribution is 7.91. The smallest absolute Gasteiger partial charge is 0.342 e. The Bertz CT molecular complexity index is 820. The van der Waals surface area contributed by atoms with Gasteiger partial charge in [-0.3, -0.25) is 4.79 Å². The lowest BCUT2D eigenvalue weighted by molar-refractivity contribution is -0.134. The van der Waals surface area contributed by atoms with Gasteiger partial charge in [0.25, 0.3) is 5.91 Å². The molecular formula is C17H23NO8S. The molecule has 1 aliphatic rings. The molecule has 150 valence electrons. The van der Waals surface area contributed by atoms with Crippen LogP contribution < -0.4 is 14.2 Å². The highest BCUT2D eigenvalue weighted by Gasteiger charge is 2.33. The van der Waals surface area contributed by atoms with Crippen molar-refractivity contribution in [2.45, 2.75) is 12.5 Å². The first-order valence-electron chi connectivity index (χ1n) is 8.16. The number of carbonyl (C=O) groups excluding carboxylic acids is 2. The van der Waals surface area contributed by atoms with Gasteiger partial charge in [-0.05, 0) is 18.6 Å². The second-order valence-corrected chi connectivity index (χ2v) is 8.25. The van der Waals surface area contributed by atoms with Gasteiger partial charge in [0.05, 0.1) is 32.8 Å². The molecule has 0 unspecified atom stereocenters. The molecule has 10 heteroatoms. The Morgan fingerprint density at radius 1 is 1.11 bits per heavy atom. The van der Waals surface area contributed by atoms with Crippen molar-refractivity contribution in [3.05, 3.63) is 17.7 Å². The van der Waals surface area contributed by atoms with Crippen LogP contribution in [0.5, 0.6) is 17.2 Å². The first-order chi connectivity index (χ1) is 12.7. The van der Waals surface area contributed by atoms with Crippen LogP contribution in [0.2, 0.25) is 0 Å². The minimum atomic E-state index is -3.12. The molecule has 1 aliphatic heterocycles. The topological polar surface area (TPSA) is 108 Å². The minimum absolute atomic E-state index is 0.0535. The summed E-state index contributed by atoms with van der Waals surface area (Å²) in [5, 5.41) is 0. The molecule has 1 aromatic rings. The molecule has 0 aromatic heterocycles. The Kier molecular flexibility index (Phi) is 6.53. The van der Waals surface area contributed by atoms with E-state index in [1.165, 1.54) is 45.4 Å². The highest BCUT2D eigenvalue weighted by Crippen LogP contribution is 2.39. The molecule has 1 fully saturated rings. The van der Waals surface area contributed by atoms with Crippen molar-refractivity contribution in [2.75, 3.05) is 46.5 Å². The Hall–Kier alpha value is -2.49. The van der Waals surface area contributed by atoms with E-state index in [0.29, 0.717) is 12.2 Å². The number of likely N-dealkylation sites (N-methyl/N-ethyl adjacent to an activating group) is 1. The van der Waals surface area contributed by atoms with Crippen molar-refractivity contribution < 1.29 is 37.0 Å². The second-order valence-electron chi connectivity index (χ2n) is 6.02. The monoisotopic (exact) mass is 401 g/mol. The number of ether oxygens (including phenoxy) is 4. The number of esters is 1. The Morgan fingerprint density at radius 2 is 1.78 bits per heavy atom. The fraction of sp³-hybridized carbons (Fsp3) is 0.529. The molecule has 1 aromatic carbocycles. The van der Waals surface area contributed by atoms with Gasteiger partial charge in [0.1, 0.15) is 5.56 Å². The largest absolute Gasteiger partial charge is 0.493 e. The van der Waals surface area contributed by atoms with Crippen LogP contribution in [0.25, 0.3) is 0 Å². The molecule has 0 spiro atoms. The lowest BCUT2D eigenvalue weighted by Crippen LogP contribution is -2.40. The number of carbonyl (C=O) groups is 2. The fourth-order valence-electron chi connectivity index (χ4n) is 2.85. The van der Waals surface area contributed by atoms with E-state index in [0.717, 1.165) is 0 Å². The van der Waals surface area contributed by atoms with Crippen LogP contribution in [-0.2, 0) is 19.4 Å². The number of hydrogen-bond donors (Lipinski definition) is 0. The van der Waals surface area contributed by atoms with Crippen molar-refractivity contribution >= 4 is 21.7 Å². The molecule has 9 nitrogen and oxygen atoms in total. The number of methoxy groups -OCH3 is 3. The summed E-state index contributed by atoms with van der Waals surface area (Å²) in [4.78, 5) is 25.9. The van der Waals surface area contributed by atoms with Gasteiger partial charge in [0.15, 0.2) is 27.9 Å². The van der Waals surface area contributed by atoms with Crippen LogP contribution in [0.1, 0.15) is 16.8 Å². The van der Waals surface area contributed by atoms with Crippen LogP contribution in [-0.4, -0.2) is 77.7 Å². The van der Waals surface area contributed by atoms with Gasteiger partial charge in [0, 0.05) is 13.1 Å². The Labute approximate surface area is 158 Å². The summed E-state index contributed by atoms with van der Waals surface area (Å²) in [6.45, 7) is -0.511. The van der Waals surface area contributed by atoms with Crippen LogP contribution in [0, 0.1) is 0 Å². The van der Waals surface area contributed by atoms with E-state index in [2.05, 4.69) is 0 Å². The zero-order valence-electron chi connectivity index (χ0n) is 15.7. The summed E-state index contributed by atoms with van der Waals surface area (Å²) in [7, 11) is 2.61. The first kappa shape index (κ1) is 20.8. The number of sulfone groups is 1. The third-order valence-electron chi connectivity index (χ3n) is 4.40. The third-order valence-corrected chi connectivity index (χ3v) is 6.15. The number of benzene rings is 1. The van der Waals surface area contributed by atoms with Gasteiger partial charge in [-0.25, -0.2) is 13.2 Å². The van der Waals surface area contributed by atoms with E-state index in [1.807, 2.05) is 0 Å². The number of nitrogens with zero attached hydrogens (tertiary/aromatic N) is 1. The third kappa shape index (κ3) is 4.62. The van der Waals surface area contributed by atoms with Gasteiger partial charge in [-0.2, -0.15) is 0 Å². The van der Waals surface area contributed by atoms with Crippen LogP contribution in [0.15, 0.2) is 12.1 Å². The van der Waals surface area contributed by atoms with Crippen molar-refractivity contribution in [3.8, 4) is 17.2 Å². The first-order valence-corrected chi connectivity index (χ1v) is 9.98. The van der Waals surface area contributed by atoms with E-state index in [-0.39, 0.29) is 28.6 Å². The lowest BCUT2D eigenvalue weighted by atomic mass is 10.1. The van der Waals surface area contributed by atoms with E-state index >= 15 is 0 Å². The molecule has 1 saturated heterocycles. The summed E-state index contributed by atoms with van der Waals surface area (Å²) in [5.41, 5.74) is 0.0778. The zero-order chi connectivity index (χ0) is 20.2. The summed E-state index contributed by atoms with van der Waals surface area (Å²) >= 11 is 0. The predicted molar refractivity (Wildman–Crippen MR) is 96.2 cm³/mol. The Balaban J connectivity index is 2.06.